The maximum atomic E-state index is 12.4. The molecule has 0 spiro atoms. The van der Waals surface area contributed by atoms with Gasteiger partial charge in [-0.3, -0.25) is 24.2 Å². The highest BCUT2D eigenvalue weighted by Crippen LogP contribution is 2.15. The maximum Gasteiger partial charge on any atom is 0.319 e. The normalized spacial score (nSPS) is 11.0. The highest BCUT2D eigenvalue weighted by Gasteiger charge is 2.19. The lowest BCUT2D eigenvalue weighted by molar-refractivity contribution is -0.138. The number of rotatable bonds is 11. The van der Waals surface area contributed by atoms with E-state index < -0.39 is 42.4 Å². The molecule has 1 aromatic carbocycles. The molecule has 1 unspecified atom stereocenters. The number of amides is 4. The maximum absolute atomic E-state index is 12.4. The van der Waals surface area contributed by atoms with Gasteiger partial charge in [-0.2, -0.15) is 0 Å². The molecule has 4 amide bonds. The van der Waals surface area contributed by atoms with Crippen molar-refractivity contribution < 1.29 is 34.2 Å². The van der Waals surface area contributed by atoms with Crippen LogP contribution in [0.15, 0.2) is 48.8 Å². The zero-order valence-corrected chi connectivity index (χ0v) is 17.4. The average molecular weight is 457 g/mol. The Balaban J connectivity index is 1.89. The smallest absolute Gasteiger partial charge is 0.319 e. The fraction of sp³-hybridized carbons (Fsp3) is 0.238. The Labute approximate surface area is 188 Å². The zero-order chi connectivity index (χ0) is 24.2. The number of carboxylic acid groups (broad SMARTS) is 2. The molecular formula is C21H23N5O7. The third-order valence-corrected chi connectivity index (χ3v) is 4.22. The lowest BCUT2D eigenvalue weighted by Gasteiger charge is -2.17. The standard InChI is InChI=1S/C21H23N5O7/c27-17(26-16(10-19(30)31)14-4-2-7-22-11-14)12-24-20(32)13-3-1-5-15(9-13)25-21(33)23-8-6-18(28)29/h1-5,7,9,11,16H,6,8,10,12H2,(H,24,32)(H,26,27)(H,28,29)(H,30,31)(H2,23,25,33). The Morgan fingerprint density at radius 1 is 0.970 bits per heavy atom. The molecule has 33 heavy (non-hydrogen) atoms. The van der Waals surface area contributed by atoms with Crippen molar-refractivity contribution in [1.29, 1.82) is 0 Å². The third-order valence-electron chi connectivity index (χ3n) is 4.22. The number of urea groups is 1. The quantitative estimate of drug-likeness (QED) is 0.285. The van der Waals surface area contributed by atoms with Crippen LogP contribution in [0.3, 0.4) is 0 Å². The van der Waals surface area contributed by atoms with Crippen LogP contribution in [0.2, 0.25) is 0 Å². The number of nitrogens with one attached hydrogen (secondary N) is 4. The predicted molar refractivity (Wildman–Crippen MR) is 115 cm³/mol. The van der Waals surface area contributed by atoms with Crippen molar-refractivity contribution in [3.8, 4) is 0 Å². The van der Waals surface area contributed by atoms with Crippen molar-refractivity contribution in [2.75, 3.05) is 18.4 Å². The van der Waals surface area contributed by atoms with E-state index in [0.717, 1.165) is 0 Å². The minimum absolute atomic E-state index is 0.0572. The molecule has 0 aliphatic rings. The average Bonchev–Trinajstić information content (AvgIpc) is 2.77. The van der Waals surface area contributed by atoms with Crippen LogP contribution in [0.1, 0.15) is 34.8 Å². The number of carbonyl (C=O) groups excluding carboxylic acids is 3. The Bertz CT molecular complexity index is 1010. The van der Waals surface area contributed by atoms with E-state index >= 15 is 0 Å². The lowest BCUT2D eigenvalue weighted by atomic mass is 10.1. The lowest BCUT2D eigenvalue weighted by Crippen LogP contribution is -2.39. The van der Waals surface area contributed by atoms with Crippen LogP contribution in [-0.4, -0.2) is 58.1 Å². The summed E-state index contributed by atoms with van der Waals surface area (Å²) in [5, 5.41) is 27.5. The molecule has 12 nitrogen and oxygen atoms in total. The SMILES string of the molecule is O=C(O)CCNC(=O)Nc1cccc(C(=O)NCC(=O)NC(CC(=O)O)c2cccnc2)c1. The highest BCUT2D eigenvalue weighted by atomic mass is 16.4. The molecule has 174 valence electrons. The van der Waals surface area contributed by atoms with Gasteiger partial charge in [0.1, 0.15) is 0 Å². The van der Waals surface area contributed by atoms with Gasteiger partial charge in [-0.15, -0.1) is 0 Å². The van der Waals surface area contributed by atoms with Gasteiger partial charge in [0.2, 0.25) is 5.91 Å². The number of pyridine rings is 1. The summed E-state index contributed by atoms with van der Waals surface area (Å²) >= 11 is 0. The second-order valence-electron chi connectivity index (χ2n) is 6.79. The molecule has 0 aliphatic carbocycles. The molecule has 1 heterocycles. The van der Waals surface area contributed by atoms with Gasteiger partial charge < -0.3 is 31.5 Å². The highest BCUT2D eigenvalue weighted by molar-refractivity contribution is 5.98. The first kappa shape index (κ1) is 24.8. The monoisotopic (exact) mass is 457 g/mol. The Morgan fingerprint density at radius 2 is 1.76 bits per heavy atom. The van der Waals surface area contributed by atoms with E-state index in [1.165, 1.54) is 36.7 Å². The predicted octanol–water partition coefficient (Wildman–Crippen LogP) is 0.740. The molecule has 1 aromatic heterocycles. The number of aromatic nitrogens is 1. The Morgan fingerprint density at radius 3 is 2.42 bits per heavy atom. The van der Waals surface area contributed by atoms with Crippen molar-refractivity contribution >= 4 is 35.5 Å². The minimum atomic E-state index is -1.11. The van der Waals surface area contributed by atoms with Crippen LogP contribution in [0.4, 0.5) is 10.5 Å². The van der Waals surface area contributed by atoms with Crippen LogP contribution < -0.4 is 21.3 Å². The minimum Gasteiger partial charge on any atom is -0.481 e. The van der Waals surface area contributed by atoms with E-state index in [2.05, 4.69) is 26.3 Å². The van der Waals surface area contributed by atoms with Crippen LogP contribution in [0.5, 0.6) is 0 Å². The van der Waals surface area contributed by atoms with E-state index in [1.54, 1.807) is 12.1 Å². The summed E-state index contributed by atoms with van der Waals surface area (Å²) in [4.78, 5) is 61.9. The van der Waals surface area contributed by atoms with Gasteiger partial charge in [0.05, 0.1) is 25.4 Å². The number of anilines is 1. The van der Waals surface area contributed by atoms with Crippen molar-refractivity contribution in [1.82, 2.24) is 20.9 Å². The van der Waals surface area contributed by atoms with Crippen LogP contribution in [-0.2, 0) is 14.4 Å². The number of benzene rings is 1. The summed E-state index contributed by atoms with van der Waals surface area (Å²) in [6.45, 7) is -0.457. The van der Waals surface area contributed by atoms with Crippen molar-refractivity contribution in [2.24, 2.45) is 0 Å². The second-order valence-corrected chi connectivity index (χ2v) is 6.79. The number of aliphatic carboxylic acids is 2. The third kappa shape index (κ3) is 9.04. The van der Waals surface area contributed by atoms with Gasteiger partial charge in [-0.05, 0) is 29.8 Å². The first-order valence-corrected chi connectivity index (χ1v) is 9.80. The molecule has 12 heteroatoms. The number of carboxylic acids is 2. The van der Waals surface area contributed by atoms with Crippen LogP contribution >= 0.6 is 0 Å². The first-order valence-electron chi connectivity index (χ1n) is 9.80. The molecule has 2 rings (SSSR count). The summed E-state index contributed by atoms with van der Waals surface area (Å²) < 4.78 is 0. The first-order chi connectivity index (χ1) is 15.7. The summed E-state index contributed by atoms with van der Waals surface area (Å²) in [5.41, 5.74) is 0.971. The number of hydrogen-bond acceptors (Lipinski definition) is 6. The van der Waals surface area contributed by atoms with Crippen molar-refractivity contribution in [2.45, 2.75) is 18.9 Å². The van der Waals surface area contributed by atoms with Crippen molar-refractivity contribution in [3.63, 3.8) is 0 Å². The fourth-order valence-electron chi connectivity index (χ4n) is 2.71. The number of hydrogen-bond donors (Lipinski definition) is 6. The van der Waals surface area contributed by atoms with Crippen LogP contribution in [0.25, 0.3) is 0 Å². The number of nitrogens with zero attached hydrogens (tertiary/aromatic N) is 1. The van der Waals surface area contributed by atoms with Gasteiger partial charge >= 0.3 is 18.0 Å². The summed E-state index contributed by atoms with van der Waals surface area (Å²) in [6.07, 6.45) is 2.38. The van der Waals surface area contributed by atoms with Gasteiger partial charge in [0.25, 0.3) is 5.91 Å². The largest absolute Gasteiger partial charge is 0.481 e. The van der Waals surface area contributed by atoms with Gasteiger partial charge in [0.15, 0.2) is 0 Å². The molecule has 0 fully saturated rings. The molecule has 2 aromatic rings. The molecule has 6 N–H and O–H groups in total. The Hall–Kier alpha value is -4.48. The van der Waals surface area contributed by atoms with E-state index in [4.69, 9.17) is 10.2 Å². The van der Waals surface area contributed by atoms with E-state index in [1.807, 2.05) is 0 Å². The van der Waals surface area contributed by atoms with E-state index in [-0.39, 0.29) is 30.6 Å². The Kier molecular flexibility index (Phi) is 9.31. The molecule has 0 saturated carbocycles. The van der Waals surface area contributed by atoms with E-state index in [9.17, 15) is 24.0 Å². The van der Waals surface area contributed by atoms with Gasteiger partial charge in [-0.1, -0.05) is 12.1 Å². The molecule has 0 aliphatic heterocycles. The summed E-state index contributed by atoms with van der Waals surface area (Å²) in [5.74, 6) is -3.33. The molecule has 0 bridgehead atoms. The second kappa shape index (κ2) is 12.4. The summed E-state index contributed by atoms with van der Waals surface area (Å²) in [6, 6.07) is 7.72. The molecule has 0 radical (unpaired) electrons. The van der Waals surface area contributed by atoms with Crippen molar-refractivity contribution in [3.05, 3.63) is 59.9 Å². The summed E-state index contributed by atoms with van der Waals surface area (Å²) in [7, 11) is 0. The zero-order valence-electron chi connectivity index (χ0n) is 17.4. The van der Waals surface area contributed by atoms with Gasteiger partial charge in [0, 0.05) is 30.2 Å². The van der Waals surface area contributed by atoms with Gasteiger partial charge in [-0.25, -0.2) is 4.79 Å². The number of carbonyl (C=O) groups is 5. The molecule has 1 atom stereocenters. The van der Waals surface area contributed by atoms with Crippen LogP contribution in [0, 0.1) is 0 Å². The molecule has 0 saturated heterocycles. The van der Waals surface area contributed by atoms with E-state index in [0.29, 0.717) is 5.56 Å². The topological polar surface area (TPSA) is 187 Å². The molecular weight excluding hydrogens is 434 g/mol. The fourth-order valence-corrected chi connectivity index (χ4v) is 2.71.